The number of benzene rings is 1. The Labute approximate surface area is 167 Å². The lowest BCUT2D eigenvalue weighted by Crippen LogP contribution is -2.38. The molecule has 1 aromatic rings. The van der Waals surface area contributed by atoms with Crippen LogP contribution in [-0.4, -0.2) is 22.3 Å². The molecule has 0 aliphatic carbocycles. The van der Waals surface area contributed by atoms with Crippen molar-refractivity contribution < 1.29 is 9.18 Å². The monoisotopic (exact) mass is 378 g/mol. The fraction of sp³-hybridized carbons (Fsp3) is 0.208. The highest BCUT2D eigenvalue weighted by Gasteiger charge is 2.21. The Hall–Kier alpha value is -3.14. The molecular weight excluding hydrogens is 351 g/mol. The van der Waals surface area contributed by atoms with Crippen molar-refractivity contribution in [3.05, 3.63) is 108 Å². The van der Waals surface area contributed by atoms with Crippen molar-refractivity contribution in [1.29, 1.82) is 0 Å². The van der Waals surface area contributed by atoms with Gasteiger partial charge in [-0.05, 0) is 43.6 Å². The van der Waals surface area contributed by atoms with E-state index in [0.29, 0.717) is 11.1 Å². The summed E-state index contributed by atoms with van der Waals surface area (Å²) in [6.07, 6.45) is 13.0. The second kappa shape index (κ2) is 9.70. The van der Waals surface area contributed by atoms with E-state index in [1.165, 1.54) is 0 Å². The first-order valence-electron chi connectivity index (χ1n) is 9.19. The Morgan fingerprint density at radius 1 is 1.18 bits per heavy atom. The third-order valence-corrected chi connectivity index (χ3v) is 4.71. The molecule has 3 nitrogen and oxygen atoms in total. The van der Waals surface area contributed by atoms with Gasteiger partial charge < -0.3 is 9.80 Å². The second-order valence-electron chi connectivity index (χ2n) is 6.58. The van der Waals surface area contributed by atoms with E-state index in [9.17, 15) is 9.18 Å². The van der Waals surface area contributed by atoms with Gasteiger partial charge in [0.2, 0.25) is 5.91 Å². The molecular formula is C24H27FN2O. The maximum absolute atomic E-state index is 14.2. The summed E-state index contributed by atoms with van der Waals surface area (Å²) in [6, 6.07) is 5.23. The van der Waals surface area contributed by atoms with Crippen molar-refractivity contribution in [2.75, 3.05) is 6.54 Å². The lowest BCUT2D eigenvalue weighted by atomic mass is 10.1. The maximum atomic E-state index is 14.2. The molecule has 1 aliphatic heterocycles. The number of rotatable bonds is 7. The molecule has 1 aliphatic rings. The van der Waals surface area contributed by atoms with Gasteiger partial charge in [-0.25, -0.2) is 4.39 Å². The third-order valence-electron chi connectivity index (χ3n) is 4.71. The van der Waals surface area contributed by atoms with Gasteiger partial charge >= 0.3 is 0 Å². The van der Waals surface area contributed by atoms with Gasteiger partial charge in [0.15, 0.2) is 0 Å². The predicted octanol–water partition coefficient (Wildman–Crippen LogP) is 5.40. The first kappa shape index (κ1) is 21.2. The van der Waals surface area contributed by atoms with Crippen LogP contribution in [0.1, 0.15) is 25.0 Å². The van der Waals surface area contributed by atoms with E-state index in [1.54, 1.807) is 48.4 Å². The highest BCUT2D eigenvalue weighted by Crippen LogP contribution is 2.19. The van der Waals surface area contributed by atoms with Crippen molar-refractivity contribution in [2.45, 2.75) is 27.3 Å². The molecule has 0 aromatic heterocycles. The number of aryl methyl sites for hydroxylation is 1. The minimum atomic E-state index is -0.258. The lowest BCUT2D eigenvalue weighted by molar-refractivity contribution is -0.130. The molecule has 0 spiro atoms. The number of halogens is 1. The molecule has 1 heterocycles. The molecule has 0 bridgehead atoms. The van der Waals surface area contributed by atoms with Crippen LogP contribution in [0.4, 0.5) is 4.39 Å². The van der Waals surface area contributed by atoms with Gasteiger partial charge in [-0.15, -0.1) is 0 Å². The molecule has 1 amide bonds. The smallest absolute Gasteiger partial charge is 0.246 e. The van der Waals surface area contributed by atoms with Gasteiger partial charge in [-0.1, -0.05) is 55.7 Å². The summed E-state index contributed by atoms with van der Waals surface area (Å²) in [4.78, 5) is 15.9. The quantitative estimate of drug-likeness (QED) is 0.593. The van der Waals surface area contributed by atoms with Crippen LogP contribution in [0.15, 0.2) is 91.0 Å². The SMILES string of the molecule is C=CC(=C\C)/C(C=C)=C/C=C(\C)N1C=CN(Cc2cccc(C)c2F)C(=O)C1. The standard InChI is InChI=1S/C24H27FN2O/c1-6-20(7-2)21(8-3)13-12-19(5)26-14-15-27(23(28)17-26)16-22-11-9-10-18(4)24(22)25/h6-15H,1,3,16-17H2,2,4-5H3/b19-12+,20-7+,21-13+. The van der Waals surface area contributed by atoms with Crippen molar-refractivity contribution in [1.82, 2.24) is 9.80 Å². The first-order valence-corrected chi connectivity index (χ1v) is 9.19. The highest BCUT2D eigenvalue weighted by atomic mass is 19.1. The number of hydrogen-bond acceptors (Lipinski definition) is 2. The maximum Gasteiger partial charge on any atom is 0.246 e. The molecule has 0 unspecified atom stereocenters. The van der Waals surface area contributed by atoms with Crippen LogP contribution in [0, 0.1) is 12.7 Å². The van der Waals surface area contributed by atoms with E-state index >= 15 is 0 Å². The van der Waals surface area contributed by atoms with Gasteiger partial charge in [0, 0.05) is 23.7 Å². The largest absolute Gasteiger partial charge is 0.341 e. The molecule has 0 saturated carbocycles. The fourth-order valence-electron chi connectivity index (χ4n) is 2.92. The molecule has 4 heteroatoms. The van der Waals surface area contributed by atoms with Crippen LogP contribution in [0.25, 0.3) is 0 Å². The third kappa shape index (κ3) is 4.97. The van der Waals surface area contributed by atoms with E-state index in [1.807, 2.05) is 43.2 Å². The predicted molar refractivity (Wildman–Crippen MR) is 114 cm³/mol. The molecule has 0 fully saturated rings. The Balaban J connectivity index is 2.15. The Morgan fingerprint density at radius 3 is 2.50 bits per heavy atom. The van der Waals surface area contributed by atoms with E-state index < -0.39 is 0 Å². The Morgan fingerprint density at radius 2 is 1.89 bits per heavy atom. The number of hydrogen-bond donors (Lipinski definition) is 0. The summed E-state index contributed by atoms with van der Waals surface area (Å²) in [7, 11) is 0. The minimum Gasteiger partial charge on any atom is -0.341 e. The Kier molecular flexibility index (Phi) is 7.33. The topological polar surface area (TPSA) is 23.6 Å². The molecule has 0 saturated heterocycles. The van der Waals surface area contributed by atoms with Crippen LogP contribution >= 0.6 is 0 Å². The van der Waals surface area contributed by atoms with Crippen molar-refractivity contribution in [3.63, 3.8) is 0 Å². The number of carbonyl (C=O) groups excluding carboxylic acids is 1. The zero-order valence-corrected chi connectivity index (χ0v) is 16.8. The normalized spacial score (nSPS) is 15.9. The molecule has 28 heavy (non-hydrogen) atoms. The van der Waals surface area contributed by atoms with Crippen LogP contribution in [0.2, 0.25) is 0 Å². The lowest BCUT2D eigenvalue weighted by Gasteiger charge is -2.30. The van der Waals surface area contributed by atoms with Crippen molar-refractivity contribution in [2.24, 2.45) is 0 Å². The van der Waals surface area contributed by atoms with Crippen LogP contribution in [0.3, 0.4) is 0 Å². The van der Waals surface area contributed by atoms with Gasteiger partial charge in [0.05, 0.1) is 6.54 Å². The zero-order chi connectivity index (χ0) is 20.7. The van der Waals surface area contributed by atoms with Crippen LogP contribution in [0.5, 0.6) is 0 Å². The van der Waals surface area contributed by atoms with E-state index in [2.05, 4.69) is 13.2 Å². The van der Waals surface area contributed by atoms with Crippen LogP contribution in [-0.2, 0) is 11.3 Å². The average molecular weight is 378 g/mol. The van der Waals surface area contributed by atoms with E-state index in [0.717, 1.165) is 16.8 Å². The number of nitrogens with zero attached hydrogens (tertiary/aromatic N) is 2. The molecule has 2 rings (SSSR count). The summed E-state index contributed by atoms with van der Waals surface area (Å²) >= 11 is 0. The highest BCUT2D eigenvalue weighted by molar-refractivity contribution is 5.80. The van der Waals surface area contributed by atoms with Crippen LogP contribution < -0.4 is 0 Å². The fourth-order valence-corrected chi connectivity index (χ4v) is 2.92. The number of carbonyl (C=O) groups is 1. The summed E-state index contributed by atoms with van der Waals surface area (Å²) in [5.41, 5.74) is 3.97. The molecule has 0 radical (unpaired) electrons. The first-order chi connectivity index (χ1) is 13.4. The minimum absolute atomic E-state index is 0.0793. The Bertz CT molecular complexity index is 890. The van der Waals surface area contributed by atoms with Gasteiger partial charge in [0.25, 0.3) is 0 Å². The van der Waals surface area contributed by atoms with E-state index in [-0.39, 0.29) is 24.8 Å². The summed E-state index contributed by atoms with van der Waals surface area (Å²) in [6.45, 7) is 13.7. The van der Waals surface area contributed by atoms with Gasteiger partial charge in [-0.3, -0.25) is 4.79 Å². The number of amides is 1. The summed E-state index contributed by atoms with van der Waals surface area (Å²) in [5, 5.41) is 0. The van der Waals surface area contributed by atoms with E-state index in [4.69, 9.17) is 0 Å². The zero-order valence-electron chi connectivity index (χ0n) is 16.8. The van der Waals surface area contributed by atoms with Crippen molar-refractivity contribution in [3.8, 4) is 0 Å². The molecule has 0 N–H and O–H groups in total. The molecule has 146 valence electrons. The average Bonchev–Trinajstić information content (AvgIpc) is 2.69. The van der Waals surface area contributed by atoms with Crippen molar-refractivity contribution >= 4 is 5.91 Å². The number of allylic oxidation sites excluding steroid dienone is 8. The molecule has 0 atom stereocenters. The van der Waals surface area contributed by atoms with Gasteiger partial charge in [-0.2, -0.15) is 0 Å². The summed E-state index contributed by atoms with van der Waals surface area (Å²) < 4.78 is 14.2. The summed E-state index contributed by atoms with van der Waals surface area (Å²) in [5.74, 6) is -0.337. The second-order valence-corrected chi connectivity index (χ2v) is 6.58. The molecule has 1 aromatic carbocycles. The van der Waals surface area contributed by atoms with Gasteiger partial charge in [0.1, 0.15) is 12.4 Å².